The van der Waals surface area contributed by atoms with Crippen molar-refractivity contribution in [2.24, 2.45) is 10.2 Å². The highest BCUT2D eigenvalue weighted by molar-refractivity contribution is 5.89. The van der Waals surface area contributed by atoms with Crippen LogP contribution < -0.4 is 0 Å². The van der Waals surface area contributed by atoms with Crippen molar-refractivity contribution in [2.75, 3.05) is 7.11 Å². The Morgan fingerprint density at radius 2 is 1.87 bits per heavy atom. The van der Waals surface area contributed by atoms with Crippen LogP contribution in [0.1, 0.15) is 21.6 Å². The maximum atomic E-state index is 11.4. The lowest BCUT2D eigenvalue weighted by Crippen LogP contribution is -1.99. The molecule has 0 spiro atoms. The molecule has 23 heavy (non-hydrogen) atoms. The Kier molecular flexibility index (Phi) is 3.89. The summed E-state index contributed by atoms with van der Waals surface area (Å²) in [6, 6.07) is 10.8. The zero-order valence-corrected chi connectivity index (χ0v) is 13.1. The molecule has 0 aliphatic heterocycles. The summed E-state index contributed by atoms with van der Waals surface area (Å²) in [5.74, 6) is 0.318. The Hall–Kier alpha value is -3.02. The van der Waals surface area contributed by atoms with Gasteiger partial charge in [-0.05, 0) is 55.8 Å². The van der Waals surface area contributed by atoms with Crippen molar-refractivity contribution < 1.29 is 9.53 Å². The molecule has 0 radical (unpaired) electrons. The van der Waals surface area contributed by atoms with E-state index in [2.05, 4.69) is 19.9 Å². The summed E-state index contributed by atoms with van der Waals surface area (Å²) in [6.07, 6.45) is 1.93. The minimum Gasteiger partial charge on any atom is -0.465 e. The first-order chi connectivity index (χ1) is 11.1. The SMILES string of the molecule is COC(=O)c1ccc(N=Nc2c(C)nc3cc(C)ccn23)cc1. The van der Waals surface area contributed by atoms with Gasteiger partial charge in [-0.2, -0.15) is 0 Å². The molecule has 116 valence electrons. The van der Waals surface area contributed by atoms with Gasteiger partial charge in [0.25, 0.3) is 0 Å². The standard InChI is InChI=1S/C17H16N4O2/c1-11-8-9-21-15(10-11)18-12(2)16(21)20-19-14-6-4-13(5-7-14)17(22)23-3/h4-10H,1-3H3. The number of imidazole rings is 1. The van der Waals surface area contributed by atoms with Crippen LogP contribution >= 0.6 is 0 Å². The summed E-state index contributed by atoms with van der Waals surface area (Å²) in [5.41, 5.74) is 3.93. The minimum absolute atomic E-state index is 0.374. The first kappa shape index (κ1) is 14.9. The van der Waals surface area contributed by atoms with E-state index < -0.39 is 0 Å². The molecule has 2 heterocycles. The van der Waals surface area contributed by atoms with Crippen molar-refractivity contribution in [3.05, 3.63) is 59.4 Å². The topological polar surface area (TPSA) is 68.3 Å². The van der Waals surface area contributed by atoms with Crippen molar-refractivity contribution >= 4 is 23.1 Å². The van der Waals surface area contributed by atoms with Gasteiger partial charge in [-0.15, -0.1) is 10.2 Å². The number of pyridine rings is 1. The average molecular weight is 308 g/mol. The number of hydrogen-bond donors (Lipinski definition) is 0. The summed E-state index contributed by atoms with van der Waals surface area (Å²) in [6.45, 7) is 3.92. The molecule has 0 aliphatic carbocycles. The molecule has 1 aromatic carbocycles. The molecule has 0 saturated heterocycles. The van der Waals surface area contributed by atoms with Gasteiger partial charge in [0.15, 0.2) is 5.82 Å². The Morgan fingerprint density at radius 3 is 2.57 bits per heavy atom. The number of nitrogens with zero attached hydrogens (tertiary/aromatic N) is 4. The number of benzene rings is 1. The number of azo groups is 1. The van der Waals surface area contributed by atoms with Crippen LogP contribution in [0.3, 0.4) is 0 Å². The highest BCUT2D eigenvalue weighted by Gasteiger charge is 2.08. The van der Waals surface area contributed by atoms with Gasteiger partial charge >= 0.3 is 5.97 Å². The third-order valence-corrected chi connectivity index (χ3v) is 3.47. The van der Waals surface area contributed by atoms with Crippen LogP contribution in [0, 0.1) is 13.8 Å². The lowest BCUT2D eigenvalue weighted by Gasteiger charge is -1.99. The maximum Gasteiger partial charge on any atom is 0.337 e. The molecule has 0 aliphatic rings. The van der Waals surface area contributed by atoms with Gasteiger partial charge in [0.2, 0.25) is 0 Å². The molecule has 0 bridgehead atoms. The number of aromatic nitrogens is 2. The number of carbonyl (C=O) groups is 1. The number of fused-ring (bicyclic) bond motifs is 1. The van der Waals surface area contributed by atoms with Crippen LogP contribution in [-0.2, 0) is 4.74 Å². The number of esters is 1. The Labute approximate surface area is 133 Å². The van der Waals surface area contributed by atoms with E-state index in [-0.39, 0.29) is 5.97 Å². The third-order valence-electron chi connectivity index (χ3n) is 3.47. The van der Waals surface area contributed by atoms with Gasteiger partial charge in [-0.1, -0.05) is 0 Å². The second-order valence-electron chi connectivity index (χ2n) is 5.19. The fraction of sp³-hybridized carbons (Fsp3) is 0.176. The van der Waals surface area contributed by atoms with E-state index in [0.29, 0.717) is 17.1 Å². The second-order valence-corrected chi connectivity index (χ2v) is 5.19. The van der Waals surface area contributed by atoms with Crippen molar-refractivity contribution in [1.29, 1.82) is 0 Å². The monoisotopic (exact) mass is 308 g/mol. The number of hydrogen-bond acceptors (Lipinski definition) is 5. The molecular weight excluding hydrogens is 292 g/mol. The second kappa shape index (κ2) is 6.00. The van der Waals surface area contributed by atoms with Crippen molar-refractivity contribution in [1.82, 2.24) is 9.38 Å². The van der Waals surface area contributed by atoms with Crippen LogP contribution in [-0.4, -0.2) is 22.5 Å². The zero-order valence-electron chi connectivity index (χ0n) is 13.1. The Bertz CT molecular complexity index is 895. The highest BCUT2D eigenvalue weighted by Crippen LogP contribution is 2.24. The molecule has 0 fully saturated rings. The molecule has 3 aromatic rings. The van der Waals surface area contributed by atoms with Crippen LogP contribution in [0.5, 0.6) is 0 Å². The summed E-state index contributed by atoms with van der Waals surface area (Å²) in [7, 11) is 1.35. The number of aryl methyl sites for hydroxylation is 2. The molecule has 0 N–H and O–H groups in total. The molecule has 0 saturated carbocycles. The van der Waals surface area contributed by atoms with E-state index in [0.717, 1.165) is 16.9 Å². The summed E-state index contributed by atoms with van der Waals surface area (Å²) < 4.78 is 6.56. The van der Waals surface area contributed by atoms with Crippen LogP contribution in [0.15, 0.2) is 52.8 Å². The van der Waals surface area contributed by atoms with E-state index in [1.165, 1.54) is 7.11 Å². The zero-order chi connectivity index (χ0) is 16.4. The molecule has 0 atom stereocenters. The lowest BCUT2D eigenvalue weighted by atomic mass is 10.2. The minimum atomic E-state index is -0.374. The fourth-order valence-corrected chi connectivity index (χ4v) is 2.26. The lowest BCUT2D eigenvalue weighted by molar-refractivity contribution is 0.0601. The number of rotatable bonds is 3. The van der Waals surface area contributed by atoms with Crippen LogP contribution in [0.4, 0.5) is 11.5 Å². The van der Waals surface area contributed by atoms with Gasteiger partial charge in [0, 0.05) is 6.20 Å². The molecule has 0 unspecified atom stereocenters. The molecule has 0 amide bonds. The average Bonchev–Trinajstić information content (AvgIpc) is 2.87. The summed E-state index contributed by atoms with van der Waals surface area (Å²) in [5, 5.41) is 8.52. The van der Waals surface area contributed by atoms with Gasteiger partial charge in [0.05, 0.1) is 24.1 Å². The molecular formula is C17H16N4O2. The predicted molar refractivity (Wildman–Crippen MR) is 86.6 cm³/mol. The number of methoxy groups -OCH3 is 1. The molecule has 6 nitrogen and oxygen atoms in total. The normalized spacial score (nSPS) is 11.3. The third kappa shape index (κ3) is 2.96. The van der Waals surface area contributed by atoms with Gasteiger partial charge in [-0.25, -0.2) is 9.78 Å². The Morgan fingerprint density at radius 1 is 1.13 bits per heavy atom. The smallest absolute Gasteiger partial charge is 0.337 e. The molecule has 6 heteroatoms. The van der Waals surface area contributed by atoms with Gasteiger partial charge in [0.1, 0.15) is 5.65 Å². The van der Waals surface area contributed by atoms with E-state index in [9.17, 15) is 4.79 Å². The van der Waals surface area contributed by atoms with Crippen molar-refractivity contribution in [3.63, 3.8) is 0 Å². The van der Waals surface area contributed by atoms with Gasteiger partial charge < -0.3 is 4.74 Å². The van der Waals surface area contributed by atoms with Crippen molar-refractivity contribution in [2.45, 2.75) is 13.8 Å². The first-order valence-electron chi connectivity index (χ1n) is 7.14. The summed E-state index contributed by atoms with van der Waals surface area (Å²) in [4.78, 5) is 15.9. The summed E-state index contributed by atoms with van der Waals surface area (Å²) >= 11 is 0. The quantitative estimate of drug-likeness (QED) is 0.539. The van der Waals surface area contributed by atoms with E-state index in [4.69, 9.17) is 0 Å². The van der Waals surface area contributed by atoms with E-state index in [1.54, 1.807) is 24.3 Å². The largest absolute Gasteiger partial charge is 0.465 e. The first-order valence-corrected chi connectivity index (χ1v) is 7.14. The van der Waals surface area contributed by atoms with Crippen molar-refractivity contribution in [3.8, 4) is 0 Å². The number of ether oxygens (including phenoxy) is 1. The van der Waals surface area contributed by atoms with Gasteiger partial charge in [-0.3, -0.25) is 4.40 Å². The maximum absolute atomic E-state index is 11.4. The predicted octanol–water partition coefficient (Wildman–Crippen LogP) is 4.15. The van der Waals surface area contributed by atoms with E-state index >= 15 is 0 Å². The fourth-order valence-electron chi connectivity index (χ4n) is 2.26. The van der Waals surface area contributed by atoms with Crippen LogP contribution in [0.25, 0.3) is 5.65 Å². The molecule has 2 aromatic heterocycles. The molecule has 3 rings (SSSR count). The highest BCUT2D eigenvalue weighted by atomic mass is 16.5. The van der Waals surface area contributed by atoms with E-state index in [1.807, 2.05) is 36.6 Å². The number of carbonyl (C=O) groups excluding carboxylic acids is 1. The van der Waals surface area contributed by atoms with Crippen LogP contribution in [0.2, 0.25) is 0 Å². The Balaban J connectivity index is 1.91.